The third-order valence-electron chi connectivity index (χ3n) is 3.10. The molecule has 6 heteroatoms. The molecule has 2 aromatic carbocycles. The monoisotopic (exact) mass is 327 g/mol. The molecule has 1 N–H and O–H groups in total. The summed E-state index contributed by atoms with van der Waals surface area (Å²) in [6.07, 6.45) is 0.537. The van der Waals surface area contributed by atoms with E-state index in [-0.39, 0.29) is 4.90 Å². The van der Waals surface area contributed by atoms with Gasteiger partial charge in [-0.05, 0) is 36.2 Å². The van der Waals surface area contributed by atoms with Crippen LogP contribution in [0.1, 0.15) is 24.9 Å². The number of sulfonamides is 1. The van der Waals surface area contributed by atoms with Crippen LogP contribution < -0.4 is 4.72 Å². The molecule has 0 heterocycles. The lowest BCUT2D eigenvalue weighted by molar-refractivity contribution is 0.535. The number of rotatable bonds is 5. The molecule has 1 unspecified atom stereocenters. The number of nitrogens with one attached hydrogen (secondary N) is 1. The maximum absolute atomic E-state index is 13.7. The molecule has 21 heavy (non-hydrogen) atoms. The van der Waals surface area contributed by atoms with E-state index in [1.165, 1.54) is 18.2 Å². The van der Waals surface area contributed by atoms with Crippen LogP contribution in [0.3, 0.4) is 0 Å². The molecular weight excluding hydrogens is 313 g/mol. The first-order chi connectivity index (χ1) is 9.94. The van der Waals surface area contributed by atoms with Crippen LogP contribution in [0.2, 0.25) is 5.02 Å². The second-order valence-electron chi connectivity index (χ2n) is 4.56. The largest absolute Gasteiger partial charge is 0.244 e. The molecule has 0 radical (unpaired) electrons. The van der Waals surface area contributed by atoms with Crippen molar-refractivity contribution in [3.05, 3.63) is 64.9 Å². The fourth-order valence-electron chi connectivity index (χ4n) is 2.00. The maximum atomic E-state index is 13.7. The number of hydrogen-bond acceptors (Lipinski definition) is 2. The smallest absolute Gasteiger partial charge is 0.207 e. The van der Waals surface area contributed by atoms with E-state index in [9.17, 15) is 12.8 Å². The zero-order chi connectivity index (χ0) is 15.5. The topological polar surface area (TPSA) is 46.2 Å². The Balaban J connectivity index is 2.30. The van der Waals surface area contributed by atoms with Crippen molar-refractivity contribution in [2.45, 2.75) is 24.3 Å². The average molecular weight is 328 g/mol. The van der Waals surface area contributed by atoms with Crippen molar-refractivity contribution in [1.29, 1.82) is 0 Å². The van der Waals surface area contributed by atoms with Gasteiger partial charge in [0, 0.05) is 11.1 Å². The molecule has 0 saturated heterocycles. The van der Waals surface area contributed by atoms with E-state index in [0.717, 1.165) is 11.6 Å². The summed E-state index contributed by atoms with van der Waals surface area (Å²) < 4.78 is 40.8. The molecule has 0 saturated carbocycles. The number of benzene rings is 2. The minimum Gasteiger partial charge on any atom is -0.207 e. The van der Waals surface area contributed by atoms with Gasteiger partial charge in [-0.15, -0.1) is 0 Å². The van der Waals surface area contributed by atoms with Crippen molar-refractivity contribution in [2.75, 3.05) is 0 Å². The SMILES string of the molecule is CCC(NS(=O)(=O)c1ccccc1F)c1ccc(Cl)cc1. The Morgan fingerprint density at radius 1 is 1.14 bits per heavy atom. The second-order valence-corrected chi connectivity index (χ2v) is 6.68. The Hall–Kier alpha value is -1.43. The van der Waals surface area contributed by atoms with Crippen LogP contribution in [-0.2, 0) is 10.0 Å². The van der Waals surface area contributed by atoms with Crippen LogP contribution >= 0.6 is 11.6 Å². The molecule has 3 nitrogen and oxygen atoms in total. The molecular formula is C15H15ClFNO2S. The van der Waals surface area contributed by atoms with E-state index in [2.05, 4.69) is 4.72 Å². The van der Waals surface area contributed by atoms with Crippen molar-refractivity contribution >= 4 is 21.6 Å². The molecule has 0 aromatic heterocycles. The van der Waals surface area contributed by atoms with E-state index in [1.807, 2.05) is 6.92 Å². The second kappa shape index (κ2) is 6.56. The highest BCUT2D eigenvalue weighted by Crippen LogP contribution is 2.22. The van der Waals surface area contributed by atoms with Crippen molar-refractivity contribution < 1.29 is 12.8 Å². The van der Waals surface area contributed by atoms with Crippen molar-refractivity contribution in [1.82, 2.24) is 4.72 Å². The van der Waals surface area contributed by atoms with Crippen molar-refractivity contribution in [3.8, 4) is 0 Å². The van der Waals surface area contributed by atoms with Crippen LogP contribution in [0.15, 0.2) is 53.4 Å². The summed E-state index contributed by atoms with van der Waals surface area (Å²) in [5.74, 6) is -0.768. The summed E-state index contributed by atoms with van der Waals surface area (Å²) in [6, 6.07) is 11.7. The van der Waals surface area contributed by atoms with E-state index in [4.69, 9.17) is 11.6 Å². The fourth-order valence-corrected chi connectivity index (χ4v) is 3.51. The van der Waals surface area contributed by atoms with Gasteiger partial charge in [-0.2, -0.15) is 0 Å². The summed E-state index contributed by atoms with van der Waals surface area (Å²) in [4.78, 5) is -0.350. The molecule has 0 bridgehead atoms. The Morgan fingerprint density at radius 3 is 2.33 bits per heavy atom. The van der Waals surface area contributed by atoms with Gasteiger partial charge in [-0.3, -0.25) is 0 Å². The molecule has 0 fully saturated rings. The molecule has 0 aliphatic rings. The van der Waals surface area contributed by atoms with E-state index < -0.39 is 21.9 Å². The zero-order valence-electron chi connectivity index (χ0n) is 11.4. The van der Waals surface area contributed by atoms with Gasteiger partial charge in [0.2, 0.25) is 10.0 Å². The van der Waals surface area contributed by atoms with Gasteiger partial charge in [-0.1, -0.05) is 42.8 Å². The van der Waals surface area contributed by atoms with Gasteiger partial charge in [0.15, 0.2) is 0 Å². The number of halogens is 2. The summed E-state index contributed by atoms with van der Waals surface area (Å²) >= 11 is 5.82. The highest BCUT2D eigenvalue weighted by Gasteiger charge is 2.22. The average Bonchev–Trinajstić information content (AvgIpc) is 2.46. The first-order valence-electron chi connectivity index (χ1n) is 6.46. The first-order valence-corrected chi connectivity index (χ1v) is 8.32. The van der Waals surface area contributed by atoms with Crippen LogP contribution in [0.4, 0.5) is 4.39 Å². The highest BCUT2D eigenvalue weighted by molar-refractivity contribution is 7.89. The van der Waals surface area contributed by atoms with Gasteiger partial charge < -0.3 is 0 Å². The predicted molar refractivity (Wildman–Crippen MR) is 81.2 cm³/mol. The molecule has 2 aromatic rings. The van der Waals surface area contributed by atoms with E-state index in [0.29, 0.717) is 11.4 Å². The van der Waals surface area contributed by atoms with Crippen molar-refractivity contribution in [3.63, 3.8) is 0 Å². The molecule has 1 atom stereocenters. The normalized spacial score (nSPS) is 13.1. The lowest BCUT2D eigenvalue weighted by Gasteiger charge is -2.18. The van der Waals surface area contributed by atoms with E-state index in [1.54, 1.807) is 24.3 Å². The summed E-state index contributed by atoms with van der Waals surface area (Å²) in [5, 5.41) is 0.575. The van der Waals surface area contributed by atoms with E-state index >= 15 is 0 Å². The third-order valence-corrected chi connectivity index (χ3v) is 4.86. The quantitative estimate of drug-likeness (QED) is 0.905. The molecule has 2 rings (SSSR count). The fraction of sp³-hybridized carbons (Fsp3) is 0.200. The van der Waals surface area contributed by atoms with Gasteiger partial charge >= 0.3 is 0 Å². The summed E-state index contributed by atoms with van der Waals surface area (Å²) in [7, 11) is -3.92. The van der Waals surface area contributed by atoms with Crippen LogP contribution in [-0.4, -0.2) is 8.42 Å². The van der Waals surface area contributed by atoms with Gasteiger partial charge in [-0.25, -0.2) is 17.5 Å². The molecule has 0 aliphatic carbocycles. The molecule has 0 amide bonds. The first kappa shape index (κ1) is 15.9. The summed E-state index contributed by atoms with van der Waals surface area (Å²) in [6.45, 7) is 1.85. The standard InChI is InChI=1S/C15H15ClFNO2S/c1-2-14(11-7-9-12(16)10-8-11)18-21(19,20)15-6-4-3-5-13(15)17/h3-10,14,18H,2H2,1H3. The van der Waals surface area contributed by atoms with Crippen molar-refractivity contribution in [2.24, 2.45) is 0 Å². The maximum Gasteiger partial charge on any atom is 0.244 e. The molecule has 112 valence electrons. The summed E-state index contributed by atoms with van der Waals surface area (Å²) in [5.41, 5.74) is 0.779. The van der Waals surface area contributed by atoms with Gasteiger partial charge in [0.1, 0.15) is 10.7 Å². The minimum absolute atomic E-state index is 0.350. The van der Waals surface area contributed by atoms with Gasteiger partial charge in [0.25, 0.3) is 0 Å². The van der Waals surface area contributed by atoms with Gasteiger partial charge in [0.05, 0.1) is 0 Å². The number of hydrogen-bond donors (Lipinski definition) is 1. The predicted octanol–water partition coefficient (Wildman–Crippen LogP) is 3.91. The Bertz CT molecular complexity index is 717. The minimum atomic E-state index is -3.92. The van der Waals surface area contributed by atoms with Crippen LogP contribution in [0.5, 0.6) is 0 Å². The highest BCUT2D eigenvalue weighted by atomic mass is 35.5. The Kier molecular flexibility index (Phi) is 4.98. The lowest BCUT2D eigenvalue weighted by Crippen LogP contribution is -2.29. The molecule has 0 spiro atoms. The lowest BCUT2D eigenvalue weighted by atomic mass is 10.1. The Morgan fingerprint density at radius 2 is 1.76 bits per heavy atom. The third kappa shape index (κ3) is 3.81. The molecule has 0 aliphatic heterocycles. The zero-order valence-corrected chi connectivity index (χ0v) is 13.0. The Labute approximate surface area is 128 Å². The van der Waals surface area contributed by atoms with Crippen LogP contribution in [0, 0.1) is 5.82 Å². The van der Waals surface area contributed by atoms with Crippen LogP contribution in [0.25, 0.3) is 0 Å².